The summed E-state index contributed by atoms with van der Waals surface area (Å²) in [7, 11) is -4.64. The lowest BCUT2D eigenvalue weighted by atomic mass is 9.88. The fourth-order valence-electron chi connectivity index (χ4n) is 1.50. The molecule has 4 N–H and O–H groups in total. The maximum atomic E-state index is 13.5. The van der Waals surface area contributed by atoms with Crippen molar-refractivity contribution in [2.24, 2.45) is 0 Å². The Morgan fingerprint density at radius 1 is 0.528 bits per heavy atom. The summed E-state index contributed by atoms with van der Waals surface area (Å²) in [5.41, 5.74) is 0. The quantitative estimate of drug-likeness (QED) is 0.162. The molecule has 0 aliphatic carbocycles. The molecule has 0 spiro atoms. The lowest BCUT2D eigenvalue weighted by Gasteiger charge is -2.44. The highest BCUT2D eigenvalue weighted by molar-refractivity contribution is 7.45. The molecule has 36 heavy (non-hydrogen) atoms. The van der Waals surface area contributed by atoms with E-state index in [4.69, 9.17) is 24.4 Å². The fraction of sp³-hybridized carbons (Fsp3) is 0.900. The largest absolute Gasteiger partial charge is 0.477 e. The van der Waals surface area contributed by atoms with Crippen LogP contribution in [-0.2, 0) is 9.36 Å². The van der Waals surface area contributed by atoms with Crippen LogP contribution in [0.2, 0.25) is 0 Å². The molecule has 0 saturated carbocycles. The van der Waals surface area contributed by atoms with Crippen LogP contribution < -0.4 is 0 Å². The van der Waals surface area contributed by atoms with Crippen molar-refractivity contribution in [1.29, 1.82) is 0 Å². The zero-order valence-corrected chi connectivity index (χ0v) is 17.6. The molecule has 0 rings (SSSR count). The minimum atomic E-state index is -8.68. The molecule has 0 aliphatic heterocycles. The Kier molecular flexibility index (Phi) is 9.92. The number of halogens is 19. The molecule has 0 aromatic heterocycles. The van der Waals surface area contributed by atoms with Gasteiger partial charge in [0.05, 0.1) is 0 Å². The van der Waals surface area contributed by atoms with Gasteiger partial charge in [-0.3, -0.25) is 0 Å². The molecule has 0 fully saturated rings. The second-order valence-electron chi connectivity index (χ2n) is 5.91. The minimum Gasteiger partial charge on any atom is -0.477 e. The van der Waals surface area contributed by atoms with Gasteiger partial charge in [-0.05, 0) is 0 Å². The molecule has 0 aromatic rings. The molecule has 0 saturated heterocycles. The molecule has 0 amide bonds. The van der Waals surface area contributed by atoms with Crippen LogP contribution in [0.25, 0.3) is 0 Å². The van der Waals surface area contributed by atoms with E-state index < -0.39 is 65.8 Å². The predicted octanol–water partition coefficient (Wildman–Crippen LogP) is 5.33. The molecule has 218 valence electrons. The first kappa shape index (κ1) is 37.1. The number of hydrogen-bond donors (Lipinski definition) is 4. The van der Waals surface area contributed by atoms with Gasteiger partial charge in [0.1, 0.15) is 0 Å². The fourth-order valence-corrected chi connectivity index (χ4v) is 1.95. The van der Waals surface area contributed by atoms with Gasteiger partial charge >= 0.3 is 61.4 Å². The molecule has 0 heterocycles. The van der Waals surface area contributed by atoms with E-state index in [1.54, 1.807) is 0 Å². The molecular formula is C10H4Cl2F17O6P. The van der Waals surface area contributed by atoms with Gasteiger partial charge in [0, 0.05) is 0 Å². The monoisotopic (exact) mass is 644 g/mol. The van der Waals surface area contributed by atoms with Crippen LogP contribution in [0.5, 0.6) is 0 Å². The van der Waals surface area contributed by atoms with E-state index in [9.17, 15) is 79.4 Å². The predicted molar refractivity (Wildman–Crippen MR) is 77.0 cm³/mol. The van der Waals surface area contributed by atoms with E-state index in [2.05, 4.69) is 23.2 Å². The zero-order chi connectivity index (χ0) is 30.6. The van der Waals surface area contributed by atoms with Crippen molar-refractivity contribution in [2.75, 3.05) is 0 Å². The van der Waals surface area contributed by atoms with Gasteiger partial charge in [-0.25, -0.2) is 9.36 Å². The Bertz CT molecular complexity index is 858. The third kappa shape index (κ3) is 5.69. The molecule has 26 heteroatoms. The normalized spacial score (nSPS) is 15.8. The van der Waals surface area contributed by atoms with Crippen molar-refractivity contribution < 1.29 is 104 Å². The number of phosphoric acid groups is 1. The summed E-state index contributed by atoms with van der Waals surface area (Å²) in [6.45, 7) is 0. The second kappa shape index (κ2) is 9.62. The lowest BCUT2D eigenvalue weighted by Crippen LogP contribution is -2.75. The average molecular weight is 645 g/mol. The van der Waals surface area contributed by atoms with Crippen LogP contribution >= 0.6 is 31.0 Å². The van der Waals surface area contributed by atoms with Crippen LogP contribution in [-0.4, -0.2) is 77.7 Å². The van der Waals surface area contributed by atoms with Crippen molar-refractivity contribution in [3.8, 4) is 0 Å². The highest BCUT2D eigenvalue weighted by atomic mass is 35.5. The molecule has 0 unspecified atom stereocenters. The summed E-state index contributed by atoms with van der Waals surface area (Å²) in [5.74, 6) is -61.4. The molecule has 6 nitrogen and oxygen atoms in total. The van der Waals surface area contributed by atoms with Crippen molar-refractivity contribution in [3.05, 3.63) is 0 Å². The van der Waals surface area contributed by atoms with Crippen LogP contribution in [0.3, 0.4) is 0 Å². The van der Waals surface area contributed by atoms with Gasteiger partial charge in [0.15, 0.2) is 0 Å². The molecule has 0 aromatic carbocycles. The Morgan fingerprint density at radius 2 is 0.750 bits per heavy atom. The third-order valence-corrected chi connectivity index (χ3v) is 4.33. The van der Waals surface area contributed by atoms with Gasteiger partial charge in [-0.2, -0.15) is 74.6 Å². The Labute approximate surface area is 193 Å². The molecule has 0 atom stereocenters. The number of carboxylic acids is 1. The van der Waals surface area contributed by atoms with E-state index in [0.29, 0.717) is 0 Å². The van der Waals surface area contributed by atoms with E-state index >= 15 is 0 Å². The standard InChI is InChI=1S/C10HCl2F17O2.H3O4P/c11-3(12,6(19,20)10(27,28)29)5(17,18)8(23,24)9(25,26)7(21,22)4(15,16)2(13,14)1(30)31;1-5(2,3)4/h(H,30,31);(H3,1,2,3,4). The summed E-state index contributed by atoms with van der Waals surface area (Å²) < 4.78 is 223. The van der Waals surface area contributed by atoms with Crippen LogP contribution in [0.4, 0.5) is 74.6 Å². The average Bonchev–Trinajstić information content (AvgIpc) is 2.57. The smallest absolute Gasteiger partial charge is 0.466 e. The third-order valence-electron chi connectivity index (χ3n) is 3.38. The van der Waals surface area contributed by atoms with Gasteiger partial charge in [0.25, 0.3) is 4.33 Å². The number of carbonyl (C=O) groups is 1. The summed E-state index contributed by atoms with van der Waals surface area (Å²) >= 11 is 7.51. The van der Waals surface area contributed by atoms with Crippen LogP contribution in [0, 0.1) is 0 Å². The lowest BCUT2D eigenvalue weighted by molar-refractivity contribution is -0.429. The van der Waals surface area contributed by atoms with Gasteiger partial charge in [-0.15, -0.1) is 0 Å². The highest BCUT2D eigenvalue weighted by Crippen LogP contribution is 2.66. The second-order valence-corrected chi connectivity index (χ2v) is 8.27. The highest BCUT2D eigenvalue weighted by Gasteiger charge is 2.95. The van der Waals surface area contributed by atoms with E-state index in [1.165, 1.54) is 0 Å². The summed E-state index contributed by atoms with van der Waals surface area (Å²) in [6, 6.07) is 0. The van der Waals surface area contributed by atoms with Crippen LogP contribution in [0.15, 0.2) is 0 Å². The van der Waals surface area contributed by atoms with Crippen molar-refractivity contribution in [2.45, 2.75) is 52.0 Å². The van der Waals surface area contributed by atoms with Crippen molar-refractivity contribution >= 4 is 37.0 Å². The van der Waals surface area contributed by atoms with E-state index in [-0.39, 0.29) is 0 Å². The topological polar surface area (TPSA) is 115 Å². The summed E-state index contributed by atoms with van der Waals surface area (Å²) in [5, 5.41) is 7.68. The number of hydrogen-bond acceptors (Lipinski definition) is 2. The zero-order valence-electron chi connectivity index (χ0n) is 15.2. The molecule has 0 radical (unpaired) electrons. The Morgan fingerprint density at radius 3 is 0.972 bits per heavy atom. The van der Waals surface area contributed by atoms with Crippen molar-refractivity contribution in [3.63, 3.8) is 0 Å². The minimum absolute atomic E-state index is 3.76. The van der Waals surface area contributed by atoms with Crippen LogP contribution in [0.1, 0.15) is 0 Å². The number of carboxylic acid groups (broad SMARTS) is 1. The Balaban J connectivity index is 0. The first-order valence-electron chi connectivity index (χ1n) is 7.05. The molecule has 0 bridgehead atoms. The SMILES string of the molecule is O=C(O)C(F)(F)C(F)(F)C(F)(F)C(F)(F)C(F)(F)C(F)(F)C(Cl)(Cl)C(F)(F)C(F)(F)F.O=P(O)(O)O. The summed E-state index contributed by atoms with van der Waals surface area (Å²) in [4.78, 5) is 31.4. The van der Waals surface area contributed by atoms with E-state index in [1.807, 2.05) is 0 Å². The number of alkyl halides is 19. The number of rotatable bonds is 8. The number of aliphatic carboxylic acids is 1. The Hall–Kier alpha value is -1.03. The molecular weight excluding hydrogens is 641 g/mol. The van der Waals surface area contributed by atoms with Gasteiger partial charge < -0.3 is 19.8 Å². The summed E-state index contributed by atoms with van der Waals surface area (Å²) in [6.07, 6.45) is -7.46. The maximum absolute atomic E-state index is 13.5. The maximum Gasteiger partial charge on any atom is 0.466 e. The molecule has 0 aliphatic rings. The van der Waals surface area contributed by atoms with Gasteiger partial charge in [-0.1, -0.05) is 23.2 Å². The van der Waals surface area contributed by atoms with Crippen molar-refractivity contribution in [1.82, 2.24) is 0 Å². The van der Waals surface area contributed by atoms with E-state index in [0.717, 1.165) is 0 Å². The first-order chi connectivity index (χ1) is 14.9. The first-order valence-corrected chi connectivity index (χ1v) is 9.37. The van der Waals surface area contributed by atoms with Gasteiger partial charge in [0.2, 0.25) is 0 Å².